The van der Waals surface area contributed by atoms with Gasteiger partial charge in [-0.1, -0.05) is 12.2 Å². The molecule has 2 aliphatic rings. The lowest BCUT2D eigenvalue weighted by molar-refractivity contribution is -0.117. The molecule has 0 bridgehead atoms. The fraction of sp³-hybridized carbons (Fsp3) is 0.250. The Morgan fingerprint density at radius 1 is 1.19 bits per heavy atom. The topological polar surface area (TPSA) is 59.0 Å². The van der Waals surface area contributed by atoms with E-state index in [2.05, 4.69) is 33.2 Å². The summed E-state index contributed by atoms with van der Waals surface area (Å²) in [6.45, 7) is 0.724. The Bertz CT molecular complexity index is 754. The summed E-state index contributed by atoms with van der Waals surface area (Å²) < 4.78 is 0. The van der Waals surface area contributed by atoms with Gasteiger partial charge in [0.2, 0.25) is 5.91 Å². The van der Waals surface area contributed by atoms with Crippen LogP contribution in [0.5, 0.6) is 0 Å². The molecule has 0 unspecified atom stereocenters. The first-order chi connectivity index (χ1) is 10.3. The Morgan fingerprint density at radius 3 is 3.00 bits per heavy atom. The third kappa shape index (κ3) is 2.11. The Hall–Kier alpha value is -2.56. The van der Waals surface area contributed by atoms with Gasteiger partial charge in [-0.05, 0) is 18.1 Å². The smallest absolute Gasteiger partial charge is 0.228 e. The first-order valence-electron chi connectivity index (χ1n) is 7.09. The summed E-state index contributed by atoms with van der Waals surface area (Å²) in [6.07, 6.45) is 11.7. The number of carbonyl (C=O) groups is 1. The Labute approximate surface area is 122 Å². The van der Waals surface area contributed by atoms with Gasteiger partial charge in [0.15, 0.2) is 5.82 Å². The highest BCUT2D eigenvalue weighted by molar-refractivity contribution is 5.94. The third-order valence-electron chi connectivity index (χ3n) is 3.88. The van der Waals surface area contributed by atoms with Crippen molar-refractivity contribution in [1.82, 2.24) is 15.0 Å². The number of hydrogen-bond donors (Lipinski definition) is 0. The Kier molecular flexibility index (Phi) is 2.77. The van der Waals surface area contributed by atoms with Crippen LogP contribution in [0.1, 0.15) is 24.1 Å². The zero-order chi connectivity index (χ0) is 14.2. The molecule has 2 aromatic rings. The number of nitrogens with zero attached hydrogens (tertiary/aromatic N) is 4. The van der Waals surface area contributed by atoms with Crippen LogP contribution in [0.3, 0.4) is 0 Å². The van der Waals surface area contributed by atoms with Crippen LogP contribution in [-0.2, 0) is 11.2 Å². The molecule has 0 saturated carbocycles. The molecule has 21 heavy (non-hydrogen) atoms. The molecule has 5 nitrogen and oxygen atoms in total. The number of fused-ring (bicyclic) bond motifs is 1. The molecule has 104 valence electrons. The number of anilines is 1. The first kappa shape index (κ1) is 12.2. The number of hydrogen-bond acceptors (Lipinski definition) is 4. The van der Waals surface area contributed by atoms with E-state index in [1.807, 2.05) is 6.20 Å². The maximum Gasteiger partial charge on any atom is 0.228 e. The summed E-state index contributed by atoms with van der Waals surface area (Å²) in [5.41, 5.74) is 3.92. The van der Waals surface area contributed by atoms with Crippen molar-refractivity contribution in [3.63, 3.8) is 0 Å². The van der Waals surface area contributed by atoms with E-state index in [0.29, 0.717) is 12.2 Å². The molecule has 0 spiro atoms. The first-order valence-corrected chi connectivity index (χ1v) is 7.09. The second-order valence-corrected chi connectivity index (χ2v) is 5.28. The average molecular weight is 278 g/mol. The molecule has 1 aliphatic carbocycles. The van der Waals surface area contributed by atoms with E-state index in [9.17, 15) is 4.79 Å². The van der Waals surface area contributed by atoms with Crippen molar-refractivity contribution in [2.75, 3.05) is 11.4 Å². The van der Waals surface area contributed by atoms with Gasteiger partial charge in [-0.3, -0.25) is 19.7 Å². The molecular weight excluding hydrogens is 264 g/mol. The fourth-order valence-electron chi connectivity index (χ4n) is 2.78. The minimum absolute atomic E-state index is 0.122. The van der Waals surface area contributed by atoms with Gasteiger partial charge in [-0.2, -0.15) is 0 Å². The van der Waals surface area contributed by atoms with Crippen LogP contribution in [0.2, 0.25) is 0 Å². The highest BCUT2D eigenvalue weighted by Crippen LogP contribution is 2.25. The molecule has 1 fully saturated rings. The summed E-state index contributed by atoms with van der Waals surface area (Å²) in [4.78, 5) is 26.8. The summed E-state index contributed by atoms with van der Waals surface area (Å²) in [5.74, 6) is 0.752. The summed E-state index contributed by atoms with van der Waals surface area (Å²) in [5, 5.41) is 0. The van der Waals surface area contributed by atoms with Gasteiger partial charge >= 0.3 is 0 Å². The van der Waals surface area contributed by atoms with E-state index < -0.39 is 0 Å². The van der Waals surface area contributed by atoms with Crippen LogP contribution < -0.4 is 4.90 Å². The molecule has 5 heteroatoms. The maximum atomic E-state index is 11.8. The molecule has 4 rings (SSSR count). The summed E-state index contributed by atoms with van der Waals surface area (Å²) in [7, 11) is 0. The maximum absolute atomic E-state index is 11.8. The van der Waals surface area contributed by atoms with E-state index in [-0.39, 0.29) is 5.91 Å². The lowest BCUT2D eigenvalue weighted by Gasteiger charge is -2.14. The van der Waals surface area contributed by atoms with E-state index in [0.717, 1.165) is 41.9 Å². The zero-order valence-electron chi connectivity index (χ0n) is 11.5. The Balaban J connectivity index is 1.72. The predicted molar refractivity (Wildman–Crippen MR) is 79.6 cm³/mol. The molecule has 1 saturated heterocycles. The van der Waals surface area contributed by atoms with Gasteiger partial charge in [0, 0.05) is 31.1 Å². The SMILES string of the molecule is O=C1CCCN1c1cncc(-c2cnc3c(c2)C=CC3)n1. The van der Waals surface area contributed by atoms with Crippen LogP contribution in [0, 0.1) is 0 Å². The molecule has 1 aliphatic heterocycles. The molecule has 2 aromatic heterocycles. The molecular formula is C16H14N4O. The highest BCUT2D eigenvalue weighted by atomic mass is 16.2. The van der Waals surface area contributed by atoms with Crippen LogP contribution in [0.15, 0.2) is 30.7 Å². The quantitative estimate of drug-likeness (QED) is 0.845. The highest BCUT2D eigenvalue weighted by Gasteiger charge is 2.23. The number of rotatable bonds is 2. The van der Waals surface area contributed by atoms with Crippen LogP contribution in [0.25, 0.3) is 17.3 Å². The molecule has 0 atom stereocenters. The molecule has 0 N–H and O–H groups in total. The molecule has 1 amide bonds. The van der Waals surface area contributed by atoms with E-state index in [4.69, 9.17) is 0 Å². The number of allylic oxidation sites excluding steroid dienone is 1. The van der Waals surface area contributed by atoms with Gasteiger partial charge in [0.25, 0.3) is 0 Å². The van der Waals surface area contributed by atoms with Crippen LogP contribution in [0.4, 0.5) is 5.82 Å². The number of carbonyl (C=O) groups excluding carboxylic acids is 1. The third-order valence-corrected chi connectivity index (χ3v) is 3.88. The number of pyridine rings is 1. The fourth-order valence-corrected chi connectivity index (χ4v) is 2.78. The van der Waals surface area contributed by atoms with Crippen molar-refractivity contribution < 1.29 is 4.79 Å². The molecule has 3 heterocycles. The summed E-state index contributed by atoms with van der Waals surface area (Å²) >= 11 is 0. The van der Waals surface area contributed by atoms with Crippen molar-refractivity contribution >= 4 is 17.8 Å². The van der Waals surface area contributed by atoms with Crippen molar-refractivity contribution in [2.45, 2.75) is 19.3 Å². The lowest BCUT2D eigenvalue weighted by atomic mass is 10.1. The lowest BCUT2D eigenvalue weighted by Crippen LogP contribution is -2.24. The monoisotopic (exact) mass is 278 g/mol. The molecule has 0 radical (unpaired) electrons. The largest absolute Gasteiger partial charge is 0.296 e. The second kappa shape index (κ2) is 4.77. The van der Waals surface area contributed by atoms with Crippen molar-refractivity contribution in [3.8, 4) is 11.3 Å². The minimum atomic E-state index is 0.122. The standard InChI is InChI=1S/C16H14N4O/c21-16-5-2-6-20(16)15-10-17-9-14(19-15)12-7-11-3-1-4-13(11)18-8-12/h1,3,7-10H,2,4-6H2. The molecule has 0 aromatic carbocycles. The Morgan fingerprint density at radius 2 is 2.14 bits per heavy atom. The second-order valence-electron chi connectivity index (χ2n) is 5.28. The van der Waals surface area contributed by atoms with Crippen molar-refractivity contribution in [3.05, 3.63) is 42.0 Å². The van der Waals surface area contributed by atoms with Gasteiger partial charge in [-0.15, -0.1) is 0 Å². The predicted octanol–water partition coefficient (Wildman–Crippen LogP) is 2.23. The van der Waals surface area contributed by atoms with E-state index in [1.165, 1.54) is 0 Å². The summed E-state index contributed by atoms with van der Waals surface area (Å²) in [6, 6.07) is 2.07. The van der Waals surface area contributed by atoms with Crippen molar-refractivity contribution in [2.24, 2.45) is 0 Å². The van der Waals surface area contributed by atoms with Gasteiger partial charge in [0.1, 0.15) is 0 Å². The van der Waals surface area contributed by atoms with Gasteiger partial charge < -0.3 is 0 Å². The van der Waals surface area contributed by atoms with Crippen LogP contribution >= 0.6 is 0 Å². The number of amides is 1. The normalized spacial score (nSPS) is 16.6. The zero-order valence-corrected chi connectivity index (χ0v) is 11.5. The van der Waals surface area contributed by atoms with Gasteiger partial charge in [0.05, 0.1) is 23.8 Å². The van der Waals surface area contributed by atoms with E-state index >= 15 is 0 Å². The van der Waals surface area contributed by atoms with E-state index in [1.54, 1.807) is 17.3 Å². The number of aromatic nitrogens is 3. The van der Waals surface area contributed by atoms with Gasteiger partial charge in [-0.25, -0.2) is 4.98 Å². The average Bonchev–Trinajstić information content (AvgIpc) is 3.15. The minimum Gasteiger partial charge on any atom is -0.296 e. The van der Waals surface area contributed by atoms with Crippen molar-refractivity contribution in [1.29, 1.82) is 0 Å². The van der Waals surface area contributed by atoms with Crippen LogP contribution in [-0.4, -0.2) is 27.4 Å².